The largest absolute Gasteiger partial charge is 0.330 e. The van der Waals surface area contributed by atoms with E-state index in [1.807, 2.05) is 0 Å². The predicted octanol–water partition coefficient (Wildman–Crippen LogP) is 2.02. The van der Waals surface area contributed by atoms with Crippen LogP contribution in [0.25, 0.3) is 0 Å². The molecule has 0 heterocycles. The molecule has 1 atom stereocenters. The molecule has 60 valence electrons. The minimum absolute atomic E-state index is 0.828. The molecular formula is C9H19N. The van der Waals surface area contributed by atoms with Crippen LogP contribution in [0.5, 0.6) is 0 Å². The number of hydrogen-bond donors (Lipinski definition) is 1. The van der Waals surface area contributed by atoms with Crippen LogP contribution in [0.4, 0.5) is 0 Å². The van der Waals surface area contributed by atoms with Crippen LogP contribution < -0.4 is 5.73 Å². The van der Waals surface area contributed by atoms with Crippen molar-refractivity contribution in [2.24, 2.45) is 23.5 Å². The molecule has 10 heavy (non-hydrogen) atoms. The summed E-state index contributed by atoms with van der Waals surface area (Å²) < 4.78 is 0. The Morgan fingerprint density at radius 1 is 1.40 bits per heavy atom. The van der Waals surface area contributed by atoms with E-state index in [4.69, 9.17) is 5.73 Å². The van der Waals surface area contributed by atoms with Gasteiger partial charge in [0.25, 0.3) is 0 Å². The Labute approximate surface area is 64.0 Å². The Hall–Kier alpha value is -0.0400. The Morgan fingerprint density at radius 2 is 2.00 bits per heavy atom. The van der Waals surface area contributed by atoms with Crippen molar-refractivity contribution in [1.82, 2.24) is 0 Å². The van der Waals surface area contributed by atoms with E-state index in [1.54, 1.807) is 0 Å². The van der Waals surface area contributed by atoms with E-state index >= 15 is 0 Å². The average Bonchev–Trinajstić information content (AvgIpc) is 2.63. The molecule has 0 amide bonds. The summed E-state index contributed by atoms with van der Waals surface area (Å²) in [4.78, 5) is 0. The van der Waals surface area contributed by atoms with Crippen LogP contribution in [-0.4, -0.2) is 6.54 Å². The van der Waals surface area contributed by atoms with Crippen molar-refractivity contribution >= 4 is 0 Å². The zero-order valence-corrected chi connectivity index (χ0v) is 7.14. The van der Waals surface area contributed by atoms with Gasteiger partial charge in [-0.2, -0.15) is 0 Å². The Morgan fingerprint density at radius 3 is 2.30 bits per heavy atom. The molecule has 1 fully saturated rings. The van der Waals surface area contributed by atoms with Crippen LogP contribution >= 0.6 is 0 Å². The fourth-order valence-corrected chi connectivity index (χ4v) is 1.65. The lowest BCUT2D eigenvalue weighted by Gasteiger charge is -2.15. The normalized spacial score (nSPS) is 21.6. The topological polar surface area (TPSA) is 26.0 Å². The van der Waals surface area contributed by atoms with Gasteiger partial charge in [-0.15, -0.1) is 0 Å². The van der Waals surface area contributed by atoms with E-state index in [2.05, 4.69) is 13.8 Å². The van der Waals surface area contributed by atoms with Gasteiger partial charge in [-0.05, 0) is 43.6 Å². The highest BCUT2D eigenvalue weighted by Crippen LogP contribution is 2.39. The second-order valence-electron chi connectivity index (χ2n) is 3.96. The molecule has 0 aliphatic heterocycles. The highest BCUT2D eigenvalue weighted by Gasteiger charge is 2.30. The summed E-state index contributed by atoms with van der Waals surface area (Å²) in [6.45, 7) is 5.47. The molecule has 0 bridgehead atoms. The molecular weight excluding hydrogens is 122 g/mol. The smallest absolute Gasteiger partial charge is 0.00461 e. The molecule has 0 aromatic carbocycles. The van der Waals surface area contributed by atoms with Crippen LogP contribution in [-0.2, 0) is 0 Å². The summed E-state index contributed by atoms with van der Waals surface area (Å²) >= 11 is 0. The molecule has 1 aliphatic carbocycles. The predicted molar refractivity (Wildman–Crippen MR) is 44.7 cm³/mol. The maximum absolute atomic E-state index is 5.66. The molecule has 0 radical (unpaired) electrons. The van der Waals surface area contributed by atoms with Crippen LogP contribution in [0.15, 0.2) is 0 Å². The third kappa shape index (κ3) is 2.30. The van der Waals surface area contributed by atoms with Crippen molar-refractivity contribution < 1.29 is 0 Å². The molecule has 1 unspecified atom stereocenters. The van der Waals surface area contributed by atoms with Gasteiger partial charge in [0.15, 0.2) is 0 Å². The van der Waals surface area contributed by atoms with Crippen molar-refractivity contribution in [2.75, 3.05) is 6.54 Å². The summed E-state index contributed by atoms with van der Waals surface area (Å²) in [7, 11) is 0. The van der Waals surface area contributed by atoms with Crippen molar-refractivity contribution in [2.45, 2.75) is 33.1 Å². The van der Waals surface area contributed by atoms with Crippen molar-refractivity contribution in [3.05, 3.63) is 0 Å². The van der Waals surface area contributed by atoms with E-state index in [9.17, 15) is 0 Å². The fourth-order valence-electron chi connectivity index (χ4n) is 1.65. The zero-order valence-electron chi connectivity index (χ0n) is 7.14. The average molecular weight is 141 g/mol. The standard InChI is InChI=1S/C9H19N/c1-7(2)5-9(6-10)8-3-4-8/h7-9H,3-6,10H2,1-2H3. The molecule has 0 spiro atoms. The van der Waals surface area contributed by atoms with Crippen molar-refractivity contribution in [3.8, 4) is 0 Å². The second-order valence-corrected chi connectivity index (χ2v) is 3.96. The summed E-state index contributed by atoms with van der Waals surface area (Å²) in [6, 6.07) is 0. The van der Waals surface area contributed by atoms with Gasteiger partial charge in [-0.3, -0.25) is 0 Å². The van der Waals surface area contributed by atoms with Gasteiger partial charge in [0.2, 0.25) is 0 Å². The molecule has 0 aromatic rings. The number of hydrogen-bond acceptors (Lipinski definition) is 1. The zero-order chi connectivity index (χ0) is 7.56. The van der Waals surface area contributed by atoms with Crippen LogP contribution in [0.3, 0.4) is 0 Å². The van der Waals surface area contributed by atoms with Gasteiger partial charge in [-0.25, -0.2) is 0 Å². The van der Waals surface area contributed by atoms with E-state index in [1.165, 1.54) is 19.3 Å². The van der Waals surface area contributed by atoms with E-state index in [0.717, 1.165) is 24.3 Å². The van der Waals surface area contributed by atoms with Crippen molar-refractivity contribution in [1.29, 1.82) is 0 Å². The van der Waals surface area contributed by atoms with Crippen molar-refractivity contribution in [3.63, 3.8) is 0 Å². The minimum Gasteiger partial charge on any atom is -0.330 e. The Kier molecular flexibility index (Phi) is 2.72. The summed E-state index contributed by atoms with van der Waals surface area (Å²) in [5, 5.41) is 0. The lowest BCUT2D eigenvalue weighted by atomic mass is 9.93. The summed E-state index contributed by atoms with van der Waals surface area (Å²) in [5.41, 5.74) is 5.66. The SMILES string of the molecule is CC(C)CC(CN)C1CC1. The summed E-state index contributed by atoms with van der Waals surface area (Å²) in [6.07, 6.45) is 4.21. The molecule has 2 N–H and O–H groups in total. The number of nitrogens with two attached hydrogens (primary N) is 1. The minimum atomic E-state index is 0.828. The molecule has 1 heteroatoms. The van der Waals surface area contributed by atoms with Gasteiger partial charge >= 0.3 is 0 Å². The van der Waals surface area contributed by atoms with E-state index < -0.39 is 0 Å². The maximum Gasteiger partial charge on any atom is -0.00461 e. The Bertz CT molecular complexity index is 94.9. The molecule has 1 nitrogen and oxygen atoms in total. The highest BCUT2D eigenvalue weighted by molar-refractivity contribution is 4.82. The monoisotopic (exact) mass is 141 g/mol. The lowest BCUT2D eigenvalue weighted by molar-refractivity contribution is 0.377. The molecule has 1 rings (SSSR count). The molecule has 1 saturated carbocycles. The maximum atomic E-state index is 5.66. The van der Waals surface area contributed by atoms with E-state index in [0.29, 0.717) is 0 Å². The third-order valence-corrected chi connectivity index (χ3v) is 2.37. The first-order chi connectivity index (χ1) is 4.74. The molecule has 0 saturated heterocycles. The Balaban J connectivity index is 2.19. The third-order valence-electron chi connectivity index (χ3n) is 2.37. The van der Waals surface area contributed by atoms with Crippen LogP contribution in [0, 0.1) is 17.8 Å². The first kappa shape index (κ1) is 8.06. The fraction of sp³-hybridized carbons (Fsp3) is 1.00. The molecule has 0 aromatic heterocycles. The van der Waals surface area contributed by atoms with Gasteiger partial charge in [0.1, 0.15) is 0 Å². The highest BCUT2D eigenvalue weighted by atomic mass is 14.6. The van der Waals surface area contributed by atoms with Gasteiger partial charge in [0, 0.05) is 0 Å². The second kappa shape index (κ2) is 3.38. The number of rotatable bonds is 4. The van der Waals surface area contributed by atoms with Crippen LogP contribution in [0.1, 0.15) is 33.1 Å². The summed E-state index contributed by atoms with van der Waals surface area (Å²) in [5.74, 6) is 2.65. The first-order valence-corrected chi connectivity index (χ1v) is 4.44. The first-order valence-electron chi connectivity index (χ1n) is 4.44. The lowest BCUT2D eigenvalue weighted by Crippen LogP contribution is -2.18. The van der Waals surface area contributed by atoms with Gasteiger partial charge in [-0.1, -0.05) is 13.8 Å². The van der Waals surface area contributed by atoms with Gasteiger partial charge in [0.05, 0.1) is 0 Å². The van der Waals surface area contributed by atoms with Crippen LogP contribution in [0.2, 0.25) is 0 Å². The van der Waals surface area contributed by atoms with E-state index in [-0.39, 0.29) is 0 Å². The van der Waals surface area contributed by atoms with Gasteiger partial charge < -0.3 is 5.73 Å². The molecule has 1 aliphatic rings. The quantitative estimate of drug-likeness (QED) is 0.637.